The zero-order valence-corrected chi connectivity index (χ0v) is 28.1. The van der Waals surface area contributed by atoms with Crippen LogP contribution in [-0.4, -0.2) is 88.2 Å². The molecule has 3 aliphatic heterocycles. The number of amides is 4. The molecule has 1 aromatic carbocycles. The number of alkyl carbamates (subject to hydrolysis) is 1. The van der Waals surface area contributed by atoms with Crippen molar-refractivity contribution in [1.82, 2.24) is 20.4 Å². The summed E-state index contributed by atoms with van der Waals surface area (Å²) in [5.41, 5.74) is -1.44. The minimum Gasteiger partial charge on any atom is -0.464 e. The molecular formula is C34H43F3N4O8. The van der Waals surface area contributed by atoms with Crippen molar-refractivity contribution < 1.29 is 51.4 Å². The fourth-order valence-electron chi connectivity index (χ4n) is 6.56. The fraction of sp³-hybridized carbons (Fsp3) is 0.618. The van der Waals surface area contributed by atoms with Crippen molar-refractivity contribution in [3.05, 3.63) is 47.3 Å². The van der Waals surface area contributed by atoms with Gasteiger partial charge in [-0.05, 0) is 58.6 Å². The van der Waals surface area contributed by atoms with Gasteiger partial charge in [-0.3, -0.25) is 14.5 Å². The number of hydrogen-bond acceptors (Lipinski definition) is 8. The largest absolute Gasteiger partial charge is 0.464 e. The Labute approximate surface area is 282 Å². The summed E-state index contributed by atoms with van der Waals surface area (Å²) >= 11 is 0. The topological polar surface area (TPSA) is 144 Å². The van der Waals surface area contributed by atoms with Gasteiger partial charge in [0.15, 0.2) is 0 Å². The quantitative estimate of drug-likeness (QED) is 0.270. The molecule has 15 heteroatoms. The molecule has 0 spiro atoms. The average Bonchev–Trinajstić information content (AvgIpc) is 3.32. The van der Waals surface area contributed by atoms with E-state index in [4.69, 9.17) is 14.2 Å². The van der Waals surface area contributed by atoms with Crippen LogP contribution in [0.5, 0.6) is 0 Å². The minimum atomic E-state index is -3.20. The Kier molecular flexibility index (Phi) is 10.2. The molecule has 0 aromatic heterocycles. The number of nitrogens with one attached hydrogen (secondary N) is 2. The molecule has 1 aromatic rings. The van der Waals surface area contributed by atoms with E-state index in [2.05, 4.69) is 10.6 Å². The molecule has 2 N–H and O–H groups in total. The van der Waals surface area contributed by atoms with Crippen LogP contribution >= 0.6 is 0 Å². The first-order valence-electron chi connectivity index (χ1n) is 16.6. The summed E-state index contributed by atoms with van der Waals surface area (Å²) in [5.74, 6) is -6.48. The monoisotopic (exact) mass is 692 g/mol. The number of fused-ring (bicyclic) bond motifs is 3. The molecule has 5 rings (SSSR count). The van der Waals surface area contributed by atoms with Crippen LogP contribution in [0.15, 0.2) is 30.4 Å². The van der Waals surface area contributed by atoms with Gasteiger partial charge < -0.3 is 29.7 Å². The van der Waals surface area contributed by atoms with E-state index < -0.39 is 96.2 Å². The van der Waals surface area contributed by atoms with Gasteiger partial charge in [0, 0.05) is 37.3 Å². The molecular weight excluding hydrogens is 649 g/mol. The second-order valence-corrected chi connectivity index (χ2v) is 14.0. The van der Waals surface area contributed by atoms with Gasteiger partial charge in [0.1, 0.15) is 35.1 Å². The maximum Gasteiger partial charge on any atom is 0.410 e. The number of ether oxygens (including phenoxy) is 3. The number of rotatable bonds is 4. The molecule has 12 nitrogen and oxygen atoms in total. The number of halogens is 3. The molecule has 1 saturated heterocycles. The van der Waals surface area contributed by atoms with E-state index in [1.807, 2.05) is 0 Å². The Morgan fingerprint density at radius 1 is 1.12 bits per heavy atom. The maximum atomic E-state index is 15.1. The molecule has 4 amide bonds. The molecule has 5 atom stereocenters. The summed E-state index contributed by atoms with van der Waals surface area (Å²) in [7, 11) is 0. The van der Waals surface area contributed by atoms with Gasteiger partial charge in [0.05, 0.1) is 19.7 Å². The standard InChI is InChI=1S/C34H43F3N4O8/c1-5-47-29(44)34-16-21(34)10-6-7-13-33(36,37)14-12-25(38-30(45)49-32(2,3)4)28(43)41-18-22(15-26(41)27(42)39-34)48-31(46)40-17-20-9-8-11-24(35)23(20)19-40/h6,8-11,21-22,25-26H,5,7,12-19H2,1-4H3,(H,38,45)(H,39,42)/t21-,22-,25+,26+,34-/m1/s1. The van der Waals surface area contributed by atoms with E-state index in [1.165, 1.54) is 23.1 Å². The van der Waals surface area contributed by atoms with Crippen LogP contribution < -0.4 is 10.6 Å². The predicted octanol–water partition coefficient (Wildman–Crippen LogP) is 4.34. The number of nitrogens with zero attached hydrogens (tertiary/aromatic N) is 2. The van der Waals surface area contributed by atoms with Gasteiger partial charge in [-0.15, -0.1) is 0 Å². The zero-order valence-electron chi connectivity index (χ0n) is 28.1. The normalized spacial score (nSPS) is 28.2. The minimum absolute atomic E-state index is 0.0228. The van der Waals surface area contributed by atoms with Crippen molar-refractivity contribution in [3.8, 4) is 0 Å². The molecule has 3 heterocycles. The molecule has 1 saturated carbocycles. The lowest BCUT2D eigenvalue weighted by Gasteiger charge is -2.30. The summed E-state index contributed by atoms with van der Waals surface area (Å²) < 4.78 is 60.7. The Morgan fingerprint density at radius 2 is 1.88 bits per heavy atom. The highest BCUT2D eigenvalue weighted by molar-refractivity contribution is 5.96. The van der Waals surface area contributed by atoms with Gasteiger partial charge in [-0.1, -0.05) is 24.3 Å². The van der Waals surface area contributed by atoms with E-state index in [9.17, 15) is 28.4 Å². The molecule has 0 bridgehead atoms. The third-order valence-electron chi connectivity index (χ3n) is 9.13. The van der Waals surface area contributed by atoms with Gasteiger partial charge in [-0.25, -0.2) is 27.6 Å². The van der Waals surface area contributed by atoms with E-state index in [0.29, 0.717) is 11.1 Å². The number of esters is 1. The third kappa shape index (κ3) is 8.30. The Hall–Kier alpha value is -4.30. The summed E-state index contributed by atoms with van der Waals surface area (Å²) in [5, 5.41) is 5.15. The highest BCUT2D eigenvalue weighted by atomic mass is 19.3. The van der Waals surface area contributed by atoms with Gasteiger partial charge in [0.2, 0.25) is 17.7 Å². The SMILES string of the molecule is CCOC(=O)[C@@]12C[C@H]1C=CCCC(F)(F)CC[C@H](NC(=O)OC(C)(C)C)C(=O)N1C[C@H](OC(=O)N3Cc4cccc(F)c4C3)C[C@H]1C(=O)N2. The Bertz CT molecular complexity index is 1510. The highest BCUT2D eigenvalue weighted by Gasteiger charge is 2.62. The van der Waals surface area contributed by atoms with Crippen LogP contribution in [0.25, 0.3) is 0 Å². The second-order valence-electron chi connectivity index (χ2n) is 14.0. The highest BCUT2D eigenvalue weighted by Crippen LogP contribution is 2.46. The smallest absolute Gasteiger partial charge is 0.410 e. The molecule has 2 fully saturated rings. The van der Waals surface area contributed by atoms with Gasteiger partial charge in [0.25, 0.3) is 0 Å². The molecule has 0 unspecified atom stereocenters. The molecule has 268 valence electrons. The lowest BCUT2D eigenvalue weighted by atomic mass is 10.0. The van der Waals surface area contributed by atoms with Crippen LogP contribution in [0.4, 0.5) is 22.8 Å². The summed E-state index contributed by atoms with van der Waals surface area (Å²) in [6.45, 7) is 6.20. The van der Waals surface area contributed by atoms with E-state index in [1.54, 1.807) is 39.8 Å². The predicted molar refractivity (Wildman–Crippen MR) is 167 cm³/mol. The summed E-state index contributed by atoms with van der Waals surface area (Å²) in [6, 6.07) is 1.71. The number of carbonyl (C=O) groups excluding carboxylic acids is 5. The van der Waals surface area contributed by atoms with Crippen molar-refractivity contribution in [2.24, 2.45) is 5.92 Å². The Morgan fingerprint density at radius 3 is 2.57 bits per heavy atom. The van der Waals surface area contributed by atoms with Crippen LogP contribution in [0, 0.1) is 11.7 Å². The van der Waals surface area contributed by atoms with Crippen LogP contribution in [0.3, 0.4) is 0 Å². The first-order valence-corrected chi connectivity index (χ1v) is 16.6. The first kappa shape index (κ1) is 36.0. The number of carbonyl (C=O) groups is 5. The van der Waals surface area contributed by atoms with Crippen LogP contribution in [-0.2, 0) is 41.7 Å². The maximum absolute atomic E-state index is 15.1. The zero-order chi connectivity index (χ0) is 35.7. The number of benzene rings is 1. The summed E-state index contributed by atoms with van der Waals surface area (Å²) in [4.78, 5) is 69.6. The fourth-order valence-corrected chi connectivity index (χ4v) is 6.56. The molecule has 0 radical (unpaired) electrons. The Balaban J connectivity index is 1.42. The van der Waals surface area contributed by atoms with E-state index >= 15 is 8.78 Å². The van der Waals surface area contributed by atoms with Crippen molar-refractivity contribution in [2.75, 3.05) is 13.2 Å². The average molecular weight is 693 g/mol. The van der Waals surface area contributed by atoms with Crippen LogP contribution in [0.2, 0.25) is 0 Å². The van der Waals surface area contributed by atoms with E-state index in [-0.39, 0.29) is 45.5 Å². The number of hydrogen-bond donors (Lipinski definition) is 2. The lowest BCUT2D eigenvalue weighted by molar-refractivity contribution is -0.150. The van der Waals surface area contributed by atoms with Crippen molar-refractivity contribution >= 4 is 30.0 Å². The first-order chi connectivity index (χ1) is 23.0. The second kappa shape index (κ2) is 13.9. The number of alkyl halides is 2. The number of allylic oxidation sites excluding steroid dienone is 1. The summed E-state index contributed by atoms with van der Waals surface area (Å²) in [6.07, 6.45) is -1.51. The van der Waals surface area contributed by atoms with Gasteiger partial charge in [-0.2, -0.15) is 0 Å². The molecule has 49 heavy (non-hydrogen) atoms. The van der Waals surface area contributed by atoms with Crippen molar-refractivity contribution in [2.45, 2.75) is 115 Å². The third-order valence-corrected chi connectivity index (χ3v) is 9.13. The van der Waals surface area contributed by atoms with Gasteiger partial charge >= 0.3 is 18.2 Å². The molecule has 4 aliphatic rings. The van der Waals surface area contributed by atoms with Crippen molar-refractivity contribution in [1.29, 1.82) is 0 Å². The molecule has 1 aliphatic carbocycles. The lowest BCUT2D eigenvalue weighted by Crippen LogP contribution is -2.57. The van der Waals surface area contributed by atoms with Crippen LogP contribution in [0.1, 0.15) is 77.3 Å². The van der Waals surface area contributed by atoms with Crippen molar-refractivity contribution in [3.63, 3.8) is 0 Å². The van der Waals surface area contributed by atoms with E-state index in [0.717, 1.165) is 4.90 Å².